The Morgan fingerprint density at radius 1 is 0.475 bits per heavy atom. The van der Waals surface area contributed by atoms with Gasteiger partial charge in [-0.2, -0.15) is 0 Å². The smallest absolute Gasteiger partial charge is 0.133 e. The van der Waals surface area contributed by atoms with Crippen LogP contribution in [0.1, 0.15) is 56.6 Å². The summed E-state index contributed by atoms with van der Waals surface area (Å²) in [5.74, 6) is 5.35. The largest absolute Gasteiger partial charge is 0.457 e. The van der Waals surface area contributed by atoms with Crippen molar-refractivity contribution in [3.05, 3.63) is 193 Å². The van der Waals surface area contributed by atoms with Crippen LogP contribution in [0.2, 0.25) is 0 Å². The van der Waals surface area contributed by atoms with E-state index in [0.717, 1.165) is 51.6 Å². The summed E-state index contributed by atoms with van der Waals surface area (Å²) in [7, 11) is 0. The second-order valence-electron chi connectivity index (χ2n) is 18.1. The molecule has 0 N–H and O–H groups in total. The molecule has 11 rings (SSSR count). The van der Waals surface area contributed by atoms with E-state index in [2.05, 4.69) is 212 Å². The molecule has 0 saturated heterocycles. The van der Waals surface area contributed by atoms with Gasteiger partial charge in [0.25, 0.3) is 0 Å². The lowest BCUT2D eigenvalue weighted by Crippen LogP contribution is -2.37. The third-order valence-corrected chi connectivity index (χ3v) is 13.9. The number of para-hydroxylation sites is 3. The maximum Gasteiger partial charge on any atom is 0.133 e. The first-order valence-corrected chi connectivity index (χ1v) is 22.3. The van der Waals surface area contributed by atoms with Gasteiger partial charge in [-0.25, -0.2) is 0 Å². The van der Waals surface area contributed by atoms with Gasteiger partial charge in [0.1, 0.15) is 11.5 Å². The highest BCUT2D eigenvalue weighted by Crippen LogP contribution is 2.56. The molecule has 1 heterocycles. The molecule has 2 aliphatic carbocycles. The standard InChI is InChI=1S/C58H52N2O/c1-38-32-45-34-39(2)35-46(33-38)58(45)53-31-30-50(37-57(53)61-56-19-11-4-12-40(56)3)59(49-29-24-41-13-5-6-14-44(41)36-49)47-25-20-42(21-26-47)43-22-27-48(28-23-43)60-54-17-9-7-15-51(54)52-16-8-10-18-55(52)60/h4-31,36-39,45-46,58H,32-35H2,1-3H3/t38-,39+,45-,46-,58?. The first kappa shape index (κ1) is 37.4. The fourth-order valence-corrected chi connectivity index (χ4v) is 11.3. The molecule has 2 aliphatic rings. The summed E-state index contributed by atoms with van der Waals surface area (Å²) in [6.07, 6.45) is 5.20. The van der Waals surface area contributed by atoms with E-state index in [1.165, 1.54) is 75.0 Å². The highest BCUT2D eigenvalue weighted by Gasteiger charge is 2.43. The van der Waals surface area contributed by atoms with Crippen molar-refractivity contribution in [2.45, 2.75) is 52.4 Å². The summed E-state index contributed by atoms with van der Waals surface area (Å²) in [5.41, 5.74) is 11.8. The van der Waals surface area contributed by atoms with Crippen molar-refractivity contribution in [2.75, 3.05) is 4.90 Å². The molecule has 0 atom stereocenters. The third kappa shape index (κ3) is 6.87. The van der Waals surface area contributed by atoms with E-state index in [0.29, 0.717) is 17.8 Å². The molecule has 2 saturated carbocycles. The lowest BCUT2D eigenvalue weighted by Gasteiger charge is -2.48. The Labute approximate surface area is 359 Å². The van der Waals surface area contributed by atoms with E-state index in [1.807, 2.05) is 0 Å². The zero-order valence-corrected chi connectivity index (χ0v) is 35.3. The summed E-state index contributed by atoms with van der Waals surface area (Å²) >= 11 is 0. The van der Waals surface area contributed by atoms with Gasteiger partial charge in [-0.15, -0.1) is 0 Å². The zero-order valence-electron chi connectivity index (χ0n) is 35.3. The Morgan fingerprint density at radius 2 is 1.00 bits per heavy atom. The minimum absolute atomic E-state index is 0.509. The predicted molar refractivity (Wildman–Crippen MR) is 256 cm³/mol. The summed E-state index contributed by atoms with van der Waals surface area (Å²) in [5, 5.41) is 5.00. The van der Waals surface area contributed by atoms with Gasteiger partial charge in [-0.05, 0) is 156 Å². The van der Waals surface area contributed by atoms with E-state index in [1.54, 1.807) is 0 Å². The van der Waals surface area contributed by atoms with Gasteiger partial charge in [-0.1, -0.05) is 129 Å². The molecule has 0 aliphatic heterocycles. The topological polar surface area (TPSA) is 17.4 Å². The van der Waals surface area contributed by atoms with E-state index in [9.17, 15) is 0 Å². The lowest BCUT2D eigenvalue weighted by molar-refractivity contribution is 0.0784. The fourth-order valence-electron chi connectivity index (χ4n) is 11.3. The van der Waals surface area contributed by atoms with E-state index >= 15 is 0 Å². The molecule has 3 heteroatoms. The first-order chi connectivity index (χ1) is 29.9. The fraction of sp³-hybridized carbons (Fsp3) is 0.207. The monoisotopic (exact) mass is 792 g/mol. The van der Waals surface area contributed by atoms with Crippen molar-refractivity contribution in [1.82, 2.24) is 4.57 Å². The molecule has 0 spiro atoms. The van der Waals surface area contributed by atoms with Crippen molar-refractivity contribution >= 4 is 49.6 Å². The number of anilines is 3. The number of aromatic nitrogens is 1. The average Bonchev–Trinajstić information content (AvgIpc) is 3.62. The van der Waals surface area contributed by atoms with E-state index in [4.69, 9.17) is 4.74 Å². The van der Waals surface area contributed by atoms with Crippen LogP contribution in [0.4, 0.5) is 17.1 Å². The van der Waals surface area contributed by atoms with Gasteiger partial charge in [0, 0.05) is 39.6 Å². The molecule has 2 bridgehead atoms. The normalized spacial score (nSPS) is 20.0. The Bertz CT molecular complexity index is 2950. The summed E-state index contributed by atoms with van der Waals surface area (Å²) in [6, 6.07) is 66.5. The number of hydrogen-bond donors (Lipinski definition) is 0. The van der Waals surface area contributed by atoms with Crippen LogP contribution < -0.4 is 9.64 Å². The van der Waals surface area contributed by atoms with E-state index in [-0.39, 0.29) is 0 Å². The molecule has 8 aromatic carbocycles. The van der Waals surface area contributed by atoms with Crippen LogP contribution in [0.5, 0.6) is 11.5 Å². The van der Waals surface area contributed by atoms with Gasteiger partial charge in [0.15, 0.2) is 0 Å². The van der Waals surface area contributed by atoms with E-state index < -0.39 is 0 Å². The number of ether oxygens (including phenoxy) is 1. The maximum atomic E-state index is 7.08. The van der Waals surface area contributed by atoms with Gasteiger partial charge in [0.05, 0.1) is 11.0 Å². The minimum Gasteiger partial charge on any atom is -0.457 e. The Hall–Kier alpha value is -6.58. The minimum atomic E-state index is 0.509. The van der Waals surface area contributed by atoms with Crippen LogP contribution in [-0.2, 0) is 0 Å². The molecule has 300 valence electrons. The molecular weight excluding hydrogens is 741 g/mol. The van der Waals surface area contributed by atoms with Crippen molar-refractivity contribution in [2.24, 2.45) is 23.7 Å². The Balaban J connectivity index is 0.991. The van der Waals surface area contributed by atoms with Gasteiger partial charge < -0.3 is 14.2 Å². The molecule has 0 unspecified atom stereocenters. The molecule has 2 fully saturated rings. The van der Waals surface area contributed by atoms with Crippen LogP contribution in [0.25, 0.3) is 49.4 Å². The average molecular weight is 793 g/mol. The van der Waals surface area contributed by atoms with Gasteiger partial charge in [-0.3, -0.25) is 0 Å². The van der Waals surface area contributed by atoms with Crippen molar-refractivity contribution in [3.63, 3.8) is 0 Å². The highest BCUT2D eigenvalue weighted by molar-refractivity contribution is 6.09. The number of benzene rings is 8. The molecule has 9 aromatic rings. The number of rotatable bonds is 8. The van der Waals surface area contributed by atoms with Crippen molar-refractivity contribution in [3.8, 4) is 28.3 Å². The molecule has 0 radical (unpaired) electrons. The van der Waals surface area contributed by atoms with Crippen LogP contribution in [0.3, 0.4) is 0 Å². The number of nitrogens with zero attached hydrogens (tertiary/aromatic N) is 2. The maximum absolute atomic E-state index is 7.08. The summed E-state index contributed by atoms with van der Waals surface area (Å²) in [6.45, 7) is 7.09. The second kappa shape index (κ2) is 15.5. The van der Waals surface area contributed by atoms with Crippen LogP contribution >= 0.6 is 0 Å². The van der Waals surface area contributed by atoms with Crippen LogP contribution in [0.15, 0.2) is 182 Å². The zero-order chi connectivity index (χ0) is 41.0. The van der Waals surface area contributed by atoms with Gasteiger partial charge >= 0.3 is 0 Å². The van der Waals surface area contributed by atoms with Crippen molar-refractivity contribution < 1.29 is 4.74 Å². The molecular formula is C58H52N2O. The highest BCUT2D eigenvalue weighted by atomic mass is 16.5. The molecule has 61 heavy (non-hydrogen) atoms. The Morgan fingerprint density at radius 3 is 1.66 bits per heavy atom. The van der Waals surface area contributed by atoms with Gasteiger partial charge in [0.2, 0.25) is 0 Å². The quantitative estimate of drug-likeness (QED) is 0.152. The van der Waals surface area contributed by atoms with Crippen LogP contribution in [0, 0.1) is 30.6 Å². The molecule has 1 aromatic heterocycles. The second-order valence-corrected chi connectivity index (χ2v) is 18.1. The summed E-state index contributed by atoms with van der Waals surface area (Å²) < 4.78 is 9.46. The SMILES string of the molecule is Cc1ccccc1Oc1cc(N(c2ccc(-c3ccc(-n4c5ccccc5c5ccccc54)cc3)cc2)c2ccc3ccccc3c2)ccc1C1[C@H]2C[C@H](C)C[C@H]1C[C@H](C)C2. The van der Waals surface area contributed by atoms with Crippen molar-refractivity contribution in [1.29, 1.82) is 0 Å². The predicted octanol–water partition coefficient (Wildman–Crippen LogP) is 16.4. The Kier molecular flexibility index (Phi) is 9.49. The number of aryl methyl sites for hydroxylation is 1. The molecule has 3 nitrogen and oxygen atoms in total. The molecule has 0 amide bonds. The third-order valence-electron chi connectivity index (χ3n) is 13.9. The number of hydrogen-bond acceptors (Lipinski definition) is 2. The summed E-state index contributed by atoms with van der Waals surface area (Å²) in [4.78, 5) is 2.40. The first-order valence-electron chi connectivity index (χ1n) is 22.3. The van der Waals surface area contributed by atoms with Crippen LogP contribution in [-0.4, -0.2) is 4.57 Å². The lowest BCUT2D eigenvalue weighted by atomic mass is 9.57. The number of fused-ring (bicyclic) bond motifs is 6.